The van der Waals surface area contributed by atoms with Crippen LogP contribution in [0.25, 0.3) is 0 Å². The van der Waals surface area contributed by atoms with Crippen molar-refractivity contribution in [3.8, 4) is 11.5 Å². The van der Waals surface area contributed by atoms with Crippen LogP contribution in [0.1, 0.15) is 5.56 Å². The zero-order valence-electron chi connectivity index (χ0n) is 8.63. The molecule has 0 fully saturated rings. The van der Waals surface area contributed by atoms with E-state index < -0.39 is 0 Å². The Kier molecular flexibility index (Phi) is 3.55. The van der Waals surface area contributed by atoms with Crippen molar-refractivity contribution in [3.05, 3.63) is 32.8 Å². The van der Waals surface area contributed by atoms with E-state index in [0.29, 0.717) is 4.77 Å². The lowest BCUT2D eigenvalue weighted by Gasteiger charge is -2.05. The monoisotopic (exact) mass is 304 g/mol. The van der Waals surface area contributed by atoms with Gasteiger partial charge in [-0.15, -0.1) is 0 Å². The number of aromatic amines is 1. The smallest absolute Gasteiger partial charge is 0.216 e. The molecular weight excluding hydrogens is 299 g/mol. The van der Waals surface area contributed by atoms with E-state index in [2.05, 4.69) is 15.3 Å². The van der Waals surface area contributed by atoms with Crippen molar-refractivity contribution in [2.45, 2.75) is 0 Å². The van der Waals surface area contributed by atoms with Gasteiger partial charge in [0.1, 0.15) is 17.1 Å². The first-order chi connectivity index (χ1) is 8.50. The number of hydrogen-bond acceptors (Lipinski definition) is 5. The predicted molar refractivity (Wildman–Crippen MR) is 70.2 cm³/mol. The summed E-state index contributed by atoms with van der Waals surface area (Å²) in [6.07, 6.45) is 2.65. The summed E-state index contributed by atoms with van der Waals surface area (Å²) < 4.78 is 1.57. The van der Waals surface area contributed by atoms with Crippen molar-refractivity contribution in [3.63, 3.8) is 0 Å². The largest absolute Gasteiger partial charge is 0.506 e. The average Bonchev–Trinajstić information content (AvgIpc) is 2.75. The third kappa shape index (κ3) is 2.33. The van der Waals surface area contributed by atoms with Gasteiger partial charge < -0.3 is 10.2 Å². The third-order valence-corrected chi connectivity index (χ3v) is 2.98. The lowest BCUT2D eigenvalue weighted by atomic mass is 10.2. The van der Waals surface area contributed by atoms with E-state index >= 15 is 0 Å². The van der Waals surface area contributed by atoms with E-state index in [-0.39, 0.29) is 27.1 Å². The molecule has 0 spiro atoms. The second-order valence-corrected chi connectivity index (χ2v) is 4.38. The summed E-state index contributed by atoms with van der Waals surface area (Å²) in [7, 11) is 0. The summed E-state index contributed by atoms with van der Waals surface area (Å²) >= 11 is 16.3. The van der Waals surface area contributed by atoms with Gasteiger partial charge in [0, 0.05) is 5.56 Å². The van der Waals surface area contributed by atoms with Crippen molar-refractivity contribution in [1.29, 1.82) is 0 Å². The van der Waals surface area contributed by atoms with Gasteiger partial charge in [-0.3, -0.25) is 5.10 Å². The summed E-state index contributed by atoms with van der Waals surface area (Å²) in [6, 6.07) is 1.32. The predicted octanol–water partition coefficient (Wildman–Crippen LogP) is 2.54. The van der Waals surface area contributed by atoms with Gasteiger partial charge >= 0.3 is 0 Å². The number of H-pyrrole nitrogens is 1. The van der Waals surface area contributed by atoms with Crippen LogP contribution in [0.2, 0.25) is 10.0 Å². The molecule has 0 atom stereocenters. The highest BCUT2D eigenvalue weighted by atomic mass is 35.5. The van der Waals surface area contributed by atoms with Crippen LogP contribution < -0.4 is 0 Å². The highest BCUT2D eigenvalue weighted by Gasteiger charge is 2.13. The highest BCUT2D eigenvalue weighted by Crippen LogP contribution is 2.40. The van der Waals surface area contributed by atoms with E-state index in [1.807, 2.05) is 0 Å². The van der Waals surface area contributed by atoms with E-state index in [0.717, 1.165) is 0 Å². The van der Waals surface area contributed by atoms with E-state index in [9.17, 15) is 10.2 Å². The highest BCUT2D eigenvalue weighted by molar-refractivity contribution is 7.71. The first kappa shape index (κ1) is 12.9. The van der Waals surface area contributed by atoms with Crippen molar-refractivity contribution in [2.75, 3.05) is 0 Å². The molecule has 2 rings (SSSR count). The van der Waals surface area contributed by atoms with Gasteiger partial charge in [0.25, 0.3) is 0 Å². The summed E-state index contributed by atoms with van der Waals surface area (Å²) in [4.78, 5) is 0. The lowest BCUT2D eigenvalue weighted by Crippen LogP contribution is -1.90. The molecule has 0 bridgehead atoms. The molecule has 0 aliphatic carbocycles. The number of benzene rings is 1. The van der Waals surface area contributed by atoms with Gasteiger partial charge in [0.15, 0.2) is 5.75 Å². The maximum Gasteiger partial charge on any atom is 0.216 e. The zero-order valence-corrected chi connectivity index (χ0v) is 11.0. The van der Waals surface area contributed by atoms with Crippen molar-refractivity contribution in [1.82, 2.24) is 14.9 Å². The molecular formula is C9H6Cl2N4O2S. The molecule has 0 radical (unpaired) electrons. The van der Waals surface area contributed by atoms with Crippen molar-refractivity contribution in [2.24, 2.45) is 5.10 Å². The van der Waals surface area contributed by atoms with Crippen LogP contribution in [0.15, 0.2) is 17.5 Å². The number of phenols is 2. The topological polar surface area (TPSA) is 86.4 Å². The number of nitrogens with one attached hydrogen (secondary N) is 1. The number of hydrogen-bond donors (Lipinski definition) is 3. The van der Waals surface area contributed by atoms with Gasteiger partial charge in [-0.25, -0.2) is 0 Å². The number of aromatic nitrogens is 3. The Morgan fingerprint density at radius 2 is 2.11 bits per heavy atom. The molecule has 6 nitrogen and oxygen atoms in total. The first-order valence-electron chi connectivity index (χ1n) is 4.57. The average molecular weight is 305 g/mol. The second-order valence-electron chi connectivity index (χ2n) is 3.21. The van der Waals surface area contributed by atoms with Crippen LogP contribution in [-0.4, -0.2) is 31.3 Å². The van der Waals surface area contributed by atoms with Gasteiger partial charge in [-0.05, 0) is 18.3 Å². The molecule has 2 aromatic rings. The Morgan fingerprint density at radius 3 is 2.72 bits per heavy atom. The van der Waals surface area contributed by atoms with E-state index in [1.165, 1.54) is 23.3 Å². The Morgan fingerprint density at radius 1 is 1.39 bits per heavy atom. The molecule has 0 saturated carbocycles. The lowest BCUT2D eigenvalue weighted by molar-refractivity contribution is 0.450. The maximum absolute atomic E-state index is 9.70. The number of aromatic hydroxyl groups is 2. The zero-order chi connectivity index (χ0) is 13.3. The van der Waals surface area contributed by atoms with Crippen LogP contribution in [0.4, 0.5) is 0 Å². The van der Waals surface area contributed by atoms with Crippen LogP contribution in [0, 0.1) is 4.77 Å². The molecule has 18 heavy (non-hydrogen) atoms. The first-order valence-corrected chi connectivity index (χ1v) is 5.73. The molecule has 0 aliphatic rings. The van der Waals surface area contributed by atoms with E-state index in [1.54, 1.807) is 0 Å². The Balaban J connectivity index is 2.45. The van der Waals surface area contributed by atoms with Gasteiger partial charge in [-0.2, -0.15) is 14.9 Å². The minimum absolute atomic E-state index is 0.00930. The van der Waals surface area contributed by atoms with Gasteiger partial charge in [0.05, 0.1) is 11.2 Å². The second kappa shape index (κ2) is 4.97. The third-order valence-electron chi connectivity index (χ3n) is 2.05. The Bertz CT molecular complexity index is 680. The van der Waals surface area contributed by atoms with Crippen molar-refractivity contribution >= 4 is 41.6 Å². The van der Waals surface area contributed by atoms with Gasteiger partial charge in [-0.1, -0.05) is 23.2 Å². The summed E-state index contributed by atoms with van der Waals surface area (Å²) in [6.45, 7) is 0. The summed E-state index contributed by atoms with van der Waals surface area (Å²) in [5.74, 6) is -0.703. The SMILES string of the molecule is Oc1c(Cl)cc(/C=N\n2cn[nH]c2=S)c(O)c1Cl. The molecule has 94 valence electrons. The van der Waals surface area contributed by atoms with Gasteiger partial charge in [0.2, 0.25) is 4.77 Å². The molecule has 0 amide bonds. The number of phenolic OH excluding ortho intramolecular Hbond substituents is 2. The molecule has 3 N–H and O–H groups in total. The molecule has 1 aromatic heterocycles. The molecule has 0 unspecified atom stereocenters. The molecule has 1 heterocycles. The van der Waals surface area contributed by atoms with Crippen LogP contribution in [-0.2, 0) is 0 Å². The minimum Gasteiger partial charge on any atom is -0.506 e. The normalized spacial score (nSPS) is 11.2. The quantitative estimate of drug-likeness (QED) is 0.588. The van der Waals surface area contributed by atoms with Crippen molar-refractivity contribution < 1.29 is 10.2 Å². The summed E-state index contributed by atoms with van der Waals surface area (Å²) in [5.41, 5.74) is 0.242. The minimum atomic E-state index is -0.382. The van der Waals surface area contributed by atoms with Crippen LogP contribution in [0.3, 0.4) is 0 Å². The number of nitrogens with zero attached hydrogens (tertiary/aromatic N) is 3. The van der Waals surface area contributed by atoms with E-state index in [4.69, 9.17) is 35.4 Å². The van der Waals surface area contributed by atoms with Crippen LogP contribution in [0.5, 0.6) is 11.5 Å². The fourth-order valence-electron chi connectivity index (χ4n) is 1.16. The maximum atomic E-state index is 9.70. The molecule has 9 heteroatoms. The number of halogens is 2. The Hall–Kier alpha value is -1.57. The molecule has 0 saturated heterocycles. The fourth-order valence-corrected chi connectivity index (χ4v) is 1.78. The standard InChI is InChI=1S/C9H6Cl2N4O2S/c10-5-1-4(7(16)6(11)8(5)17)2-13-15-3-12-14-9(15)18/h1-3,16-17H,(H,14,18)/b13-2-. The fraction of sp³-hybridized carbons (Fsp3) is 0. The number of rotatable bonds is 2. The molecule has 0 aliphatic heterocycles. The summed E-state index contributed by atoms with van der Waals surface area (Å²) in [5, 5.41) is 29.0. The van der Waals surface area contributed by atoms with Crippen LogP contribution >= 0.6 is 35.4 Å². The Labute approximate surface area is 116 Å². The molecule has 1 aromatic carbocycles.